The molecular weight excluding hydrogens is 474 g/mol. The van der Waals surface area contributed by atoms with E-state index in [1.165, 1.54) is 13.0 Å². The van der Waals surface area contributed by atoms with E-state index in [-0.39, 0.29) is 0 Å². The zero-order valence-electron chi connectivity index (χ0n) is 18.9. The summed E-state index contributed by atoms with van der Waals surface area (Å²) in [7, 11) is 2.16. The molecule has 194 valence electrons. The molecule has 2 aromatic rings. The zero-order chi connectivity index (χ0) is 26.5. The number of fused-ring (bicyclic) bond motifs is 1. The lowest BCUT2D eigenvalue weighted by Crippen LogP contribution is -2.28. The van der Waals surface area contributed by atoms with Gasteiger partial charge >= 0.3 is 24.3 Å². The van der Waals surface area contributed by atoms with Crippen LogP contribution in [0.5, 0.6) is 0 Å². The Labute approximate surface area is 192 Å². The Kier molecular flexibility index (Phi) is 13.2. The molecule has 3 N–H and O–H groups in total. The van der Waals surface area contributed by atoms with E-state index >= 15 is 0 Å². The maximum atomic E-state index is 10.6. The van der Waals surface area contributed by atoms with Gasteiger partial charge in [0.25, 0.3) is 0 Å². The number of carbonyl (C=O) groups is 2. The van der Waals surface area contributed by atoms with Crippen LogP contribution < -0.4 is 0 Å². The van der Waals surface area contributed by atoms with E-state index < -0.39 is 24.3 Å². The SMILES string of the molecule is CCN(CC)CCCN(C)Cc1nc2ccccc2[nH]1.O=C(O)C(F)(F)F.O=C(O)C(F)(F)F. The topological polar surface area (TPSA) is 110 Å². The van der Waals surface area contributed by atoms with Gasteiger partial charge in [-0.25, -0.2) is 14.6 Å². The third-order valence-corrected chi connectivity index (χ3v) is 4.25. The number of carboxylic acid groups (broad SMARTS) is 2. The van der Waals surface area contributed by atoms with Crippen molar-refractivity contribution in [1.29, 1.82) is 0 Å². The molecule has 0 aliphatic heterocycles. The maximum absolute atomic E-state index is 10.6. The monoisotopic (exact) mass is 502 g/mol. The third kappa shape index (κ3) is 13.0. The molecule has 0 fully saturated rings. The van der Waals surface area contributed by atoms with Gasteiger partial charge in [-0.1, -0.05) is 26.0 Å². The van der Waals surface area contributed by atoms with E-state index in [9.17, 15) is 26.3 Å². The van der Waals surface area contributed by atoms with Crippen molar-refractivity contribution < 1.29 is 46.1 Å². The summed E-state index contributed by atoms with van der Waals surface area (Å²) in [5.41, 5.74) is 2.18. The van der Waals surface area contributed by atoms with Crippen LogP contribution in [0.2, 0.25) is 0 Å². The Morgan fingerprint density at radius 2 is 1.41 bits per heavy atom. The van der Waals surface area contributed by atoms with Gasteiger partial charge in [0.1, 0.15) is 5.82 Å². The molecule has 0 atom stereocenters. The molecule has 0 aliphatic carbocycles. The fraction of sp³-hybridized carbons (Fsp3) is 0.550. The molecule has 0 amide bonds. The molecule has 0 unspecified atom stereocenters. The molecule has 0 aliphatic rings. The second-order valence-corrected chi connectivity index (χ2v) is 6.92. The number of aromatic amines is 1. The molecule has 1 aromatic heterocycles. The number of benzene rings is 1. The van der Waals surface area contributed by atoms with E-state index in [0.717, 1.165) is 43.0 Å². The van der Waals surface area contributed by atoms with Crippen LogP contribution in [0.3, 0.4) is 0 Å². The molecule has 34 heavy (non-hydrogen) atoms. The Hall–Kier alpha value is -2.87. The second-order valence-electron chi connectivity index (χ2n) is 6.92. The maximum Gasteiger partial charge on any atom is 0.490 e. The van der Waals surface area contributed by atoms with Gasteiger partial charge < -0.3 is 20.1 Å². The highest BCUT2D eigenvalue weighted by molar-refractivity contribution is 5.74. The first-order valence-corrected chi connectivity index (χ1v) is 10.1. The van der Waals surface area contributed by atoms with Gasteiger partial charge in [0.05, 0.1) is 17.6 Å². The smallest absolute Gasteiger partial charge is 0.475 e. The van der Waals surface area contributed by atoms with Crippen LogP contribution in [0, 0.1) is 0 Å². The van der Waals surface area contributed by atoms with Crippen molar-refractivity contribution in [1.82, 2.24) is 19.8 Å². The average molecular weight is 502 g/mol. The number of halogens is 6. The van der Waals surface area contributed by atoms with Crippen LogP contribution in [0.15, 0.2) is 24.3 Å². The molecule has 1 heterocycles. The lowest BCUT2D eigenvalue weighted by molar-refractivity contribution is -0.193. The number of imidazole rings is 1. The largest absolute Gasteiger partial charge is 0.490 e. The number of nitrogens with zero attached hydrogens (tertiary/aromatic N) is 3. The Morgan fingerprint density at radius 1 is 0.941 bits per heavy atom. The predicted molar refractivity (Wildman–Crippen MR) is 112 cm³/mol. The summed E-state index contributed by atoms with van der Waals surface area (Å²) < 4.78 is 63.5. The molecule has 0 saturated carbocycles. The van der Waals surface area contributed by atoms with Gasteiger partial charge in [-0.05, 0) is 51.8 Å². The Bertz CT molecular complexity index is 825. The lowest BCUT2D eigenvalue weighted by atomic mass is 10.3. The molecule has 0 radical (unpaired) electrons. The average Bonchev–Trinajstić information content (AvgIpc) is 3.13. The summed E-state index contributed by atoms with van der Waals surface area (Å²) in [6.07, 6.45) is -8.96. The molecule has 0 bridgehead atoms. The van der Waals surface area contributed by atoms with Gasteiger partial charge in [0.2, 0.25) is 0 Å². The number of aromatic nitrogens is 2. The van der Waals surface area contributed by atoms with Gasteiger partial charge in [0, 0.05) is 0 Å². The molecule has 0 saturated heterocycles. The Morgan fingerprint density at radius 3 is 1.82 bits per heavy atom. The van der Waals surface area contributed by atoms with Crippen molar-refractivity contribution in [2.45, 2.75) is 39.2 Å². The van der Waals surface area contributed by atoms with Crippen molar-refractivity contribution in [2.75, 3.05) is 33.2 Å². The summed E-state index contributed by atoms with van der Waals surface area (Å²) in [6, 6.07) is 8.20. The normalized spacial score (nSPS) is 11.6. The number of hydrogen-bond acceptors (Lipinski definition) is 5. The predicted octanol–water partition coefficient (Wildman–Crippen LogP) is 3.99. The zero-order valence-corrected chi connectivity index (χ0v) is 18.9. The van der Waals surface area contributed by atoms with Crippen LogP contribution in [0.4, 0.5) is 26.3 Å². The third-order valence-electron chi connectivity index (χ3n) is 4.25. The highest BCUT2D eigenvalue weighted by atomic mass is 19.4. The number of para-hydroxylation sites is 2. The molecular formula is C20H28F6N4O4. The minimum Gasteiger partial charge on any atom is -0.475 e. The summed E-state index contributed by atoms with van der Waals surface area (Å²) in [6.45, 7) is 9.90. The molecule has 1 aromatic carbocycles. The fourth-order valence-corrected chi connectivity index (χ4v) is 2.52. The molecule has 0 spiro atoms. The minimum atomic E-state index is -5.08. The van der Waals surface area contributed by atoms with Crippen molar-refractivity contribution in [2.24, 2.45) is 0 Å². The number of carboxylic acids is 2. The van der Waals surface area contributed by atoms with E-state index in [1.807, 2.05) is 12.1 Å². The first-order chi connectivity index (χ1) is 15.6. The van der Waals surface area contributed by atoms with Crippen molar-refractivity contribution in [3.8, 4) is 0 Å². The lowest BCUT2D eigenvalue weighted by Gasteiger charge is -2.20. The molecule has 8 nitrogen and oxygen atoms in total. The van der Waals surface area contributed by atoms with E-state index in [2.05, 4.69) is 52.8 Å². The summed E-state index contributed by atoms with van der Waals surface area (Å²) >= 11 is 0. The number of rotatable bonds is 8. The van der Waals surface area contributed by atoms with E-state index in [4.69, 9.17) is 19.8 Å². The molecule has 2 rings (SSSR count). The van der Waals surface area contributed by atoms with Crippen LogP contribution in [0.1, 0.15) is 26.1 Å². The number of aliphatic carboxylic acids is 2. The standard InChI is InChI=1S/C16H26N4.2C2HF3O2/c1-4-20(5-2)12-8-11-19(3)13-16-17-14-9-6-7-10-15(14)18-16;2*3-2(4,5)1(6)7/h6-7,9-10H,4-5,8,11-13H2,1-3H3,(H,17,18);2*(H,6,7). The van der Waals surface area contributed by atoms with Gasteiger partial charge in [0.15, 0.2) is 0 Å². The first kappa shape index (κ1) is 31.1. The Balaban J connectivity index is 0.000000642. The van der Waals surface area contributed by atoms with Gasteiger partial charge in [-0.15, -0.1) is 0 Å². The van der Waals surface area contributed by atoms with Crippen molar-refractivity contribution >= 4 is 23.0 Å². The molecule has 14 heteroatoms. The van der Waals surface area contributed by atoms with Crippen LogP contribution in [-0.2, 0) is 16.1 Å². The highest BCUT2D eigenvalue weighted by Gasteiger charge is 2.38. The van der Waals surface area contributed by atoms with Gasteiger partial charge in [-0.2, -0.15) is 26.3 Å². The number of nitrogens with one attached hydrogen (secondary N) is 1. The number of H-pyrrole nitrogens is 1. The van der Waals surface area contributed by atoms with E-state index in [0.29, 0.717) is 0 Å². The quantitative estimate of drug-likeness (QED) is 0.468. The summed E-state index contributed by atoms with van der Waals surface area (Å²) in [5.74, 6) is -4.46. The van der Waals surface area contributed by atoms with E-state index in [1.54, 1.807) is 0 Å². The number of hydrogen-bond donors (Lipinski definition) is 3. The van der Waals surface area contributed by atoms with Crippen molar-refractivity contribution in [3.63, 3.8) is 0 Å². The number of alkyl halides is 6. The van der Waals surface area contributed by atoms with Crippen molar-refractivity contribution in [3.05, 3.63) is 30.1 Å². The van der Waals surface area contributed by atoms with Gasteiger partial charge in [-0.3, -0.25) is 4.90 Å². The van der Waals surface area contributed by atoms with Crippen LogP contribution >= 0.6 is 0 Å². The second kappa shape index (κ2) is 14.4. The van der Waals surface area contributed by atoms with Crippen LogP contribution in [-0.4, -0.2) is 87.5 Å². The van der Waals surface area contributed by atoms with Crippen LogP contribution in [0.25, 0.3) is 11.0 Å². The summed E-state index contributed by atoms with van der Waals surface area (Å²) in [5, 5.41) is 14.2. The summed E-state index contributed by atoms with van der Waals surface area (Å²) in [4.78, 5) is 30.6. The highest BCUT2D eigenvalue weighted by Crippen LogP contribution is 2.14. The minimum absolute atomic E-state index is 0.882. The fourth-order valence-electron chi connectivity index (χ4n) is 2.52. The first-order valence-electron chi connectivity index (χ1n) is 10.1.